The van der Waals surface area contributed by atoms with Crippen LogP contribution in [0.2, 0.25) is 0 Å². The van der Waals surface area contributed by atoms with E-state index in [1.165, 1.54) is 0 Å². The lowest BCUT2D eigenvalue weighted by Crippen LogP contribution is -2.23. The number of aliphatic hydroxyl groups is 1. The highest BCUT2D eigenvalue weighted by Crippen LogP contribution is 2.23. The zero-order chi connectivity index (χ0) is 19.8. The normalized spacial score (nSPS) is 19.9. The van der Waals surface area contributed by atoms with Gasteiger partial charge in [0, 0.05) is 59.3 Å². The van der Waals surface area contributed by atoms with Crippen LogP contribution in [0.15, 0.2) is 71.5 Å². The van der Waals surface area contributed by atoms with Crippen LogP contribution in [-0.4, -0.2) is 39.2 Å². The van der Waals surface area contributed by atoms with E-state index in [9.17, 15) is 9.90 Å². The molecule has 5 nitrogen and oxygen atoms in total. The largest absolute Gasteiger partial charge is 0.391 e. The molecule has 1 fully saturated rings. The van der Waals surface area contributed by atoms with Gasteiger partial charge in [-0.1, -0.05) is 36.4 Å². The molecule has 1 aliphatic heterocycles. The van der Waals surface area contributed by atoms with E-state index in [0.717, 1.165) is 40.8 Å². The second-order valence-electron chi connectivity index (χ2n) is 7.93. The number of β-amino-alcohol motifs (C(OH)–C–C–N with tert-alkyl or cyclic N) is 1. The third-order valence-corrected chi connectivity index (χ3v) is 5.80. The molecule has 5 heteroatoms. The Morgan fingerprint density at radius 1 is 1.03 bits per heavy atom. The van der Waals surface area contributed by atoms with E-state index in [1.807, 2.05) is 42.5 Å². The van der Waals surface area contributed by atoms with Gasteiger partial charge in [-0.25, -0.2) is 0 Å². The summed E-state index contributed by atoms with van der Waals surface area (Å²) in [5, 5.41) is 12.4. The lowest BCUT2D eigenvalue weighted by molar-refractivity contribution is 0.140. The first kappa shape index (κ1) is 18.0. The van der Waals surface area contributed by atoms with Crippen molar-refractivity contribution in [1.29, 1.82) is 0 Å². The summed E-state index contributed by atoms with van der Waals surface area (Å²) < 4.78 is 0. The molecule has 0 aliphatic carbocycles. The molecule has 0 amide bonds. The maximum Gasteiger partial charge on any atom is 0.189 e. The molecule has 0 spiro atoms. The monoisotopic (exact) mass is 385 g/mol. The van der Waals surface area contributed by atoms with Crippen molar-refractivity contribution in [2.24, 2.45) is 5.92 Å². The van der Waals surface area contributed by atoms with Gasteiger partial charge < -0.3 is 10.1 Å². The summed E-state index contributed by atoms with van der Waals surface area (Å²) in [6, 6.07) is 21.5. The Bertz CT molecular complexity index is 1230. The van der Waals surface area contributed by atoms with Crippen LogP contribution in [0.1, 0.15) is 11.4 Å². The van der Waals surface area contributed by atoms with Crippen LogP contribution in [0, 0.1) is 5.92 Å². The summed E-state index contributed by atoms with van der Waals surface area (Å²) in [7, 11) is 0. The Hall–Kier alpha value is -3.02. The van der Waals surface area contributed by atoms with Gasteiger partial charge in [-0.3, -0.25) is 14.7 Å². The van der Waals surface area contributed by atoms with Gasteiger partial charge in [-0.2, -0.15) is 0 Å². The molecule has 2 atom stereocenters. The summed E-state index contributed by atoms with van der Waals surface area (Å²) >= 11 is 0. The predicted molar refractivity (Wildman–Crippen MR) is 115 cm³/mol. The van der Waals surface area contributed by atoms with Gasteiger partial charge in [0.25, 0.3) is 0 Å². The number of para-hydroxylation sites is 2. The predicted octanol–water partition coefficient (Wildman–Crippen LogP) is 3.11. The van der Waals surface area contributed by atoms with Gasteiger partial charge in [0.15, 0.2) is 5.43 Å². The molecule has 0 radical (unpaired) electrons. The quantitative estimate of drug-likeness (QED) is 0.566. The summed E-state index contributed by atoms with van der Waals surface area (Å²) in [5.41, 5.74) is 3.76. The summed E-state index contributed by atoms with van der Waals surface area (Å²) in [6.07, 6.45) is 0.354. The second-order valence-corrected chi connectivity index (χ2v) is 7.93. The van der Waals surface area contributed by atoms with Crippen molar-refractivity contribution in [3.05, 3.63) is 88.3 Å². The van der Waals surface area contributed by atoms with Crippen LogP contribution in [0.25, 0.3) is 21.8 Å². The van der Waals surface area contributed by atoms with Crippen molar-refractivity contribution in [3.63, 3.8) is 0 Å². The van der Waals surface area contributed by atoms with E-state index in [1.54, 1.807) is 6.07 Å². The van der Waals surface area contributed by atoms with Crippen LogP contribution in [-0.2, 0) is 13.0 Å². The van der Waals surface area contributed by atoms with Crippen LogP contribution >= 0.6 is 0 Å². The van der Waals surface area contributed by atoms with Gasteiger partial charge in [-0.15, -0.1) is 0 Å². The van der Waals surface area contributed by atoms with Gasteiger partial charge >= 0.3 is 0 Å². The third-order valence-electron chi connectivity index (χ3n) is 5.80. The minimum absolute atomic E-state index is 0.0333. The van der Waals surface area contributed by atoms with Crippen LogP contribution in [0.3, 0.4) is 0 Å². The molecule has 2 aromatic heterocycles. The number of nitrogens with zero attached hydrogens (tertiary/aromatic N) is 2. The average molecular weight is 385 g/mol. The third kappa shape index (κ3) is 3.67. The van der Waals surface area contributed by atoms with Crippen LogP contribution < -0.4 is 5.43 Å². The molecule has 4 aromatic rings. The highest BCUT2D eigenvalue weighted by molar-refractivity contribution is 5.79. The first-order valence-corrected chi connectivity index (χ1v) is 10.0. The Morgan fingerprint density at radius 3 is 2.79 bits per heavy atom. The molecular formula is C24H23N3O2. The van der Waals surface area contributed by atoms with E-state index in [2.05, 4.69) is 28.1 Å². The molecule has 1 saturated heterocycles. The molecule has 0 bridgehead atoms. The van der Waals surface area contributed by atoms with Crippen molar-refractivity contribution in [2.75, 3.05) is 13.1 Å². The van der Waals surface area contributed by atoms with Crippen molar-refractivity contribution in [3.8, 4) is 0 Å². The van der Waals surface area contributed by atoms with Crippen molar-refractivity contribution < 1.29 is 5.11 Å². The first-order valence-electron chi connectivity index (χ1n) is 10.0. The van der Waals surface area contributed by atoms with Gasteiger partial charge in [0.2, 0.25) is 0 Å². The highest BCUT2D eigenvalue weighted by Gasteiger charge is 2.31. The minimum Gasteiger partial charge on any atom is -0.391 e. The second kappa shape index (κ2) is 7.43. The number of H-pyrrole nitrogens is 1. The molecule has 0 saturated carbocycles. The number of hydrogen-bond acceptors (Lipinski definition) is 4. The topological polar surface area (TPSA) is 69.2 Å². The Balaban J connectivity index is 1.31. The molecule has 2 aromatic carbocycles. The molecule has 146 valence electrons. The summed E-state index contributed by atoms with van der Waals surface area (Å²) in [6.45, 7) is 2.01. The van der Waals surface area contributed by atoms with Crippen molar-refractivity contribution >= 4 is 21.8 Å². The summed E-state index contributed by atoms with van der Waals surface area (Å²) in [4.78, 5) is 22.7. The molecule has 3 heterocycles. The fourth-order valence-corrected chi connectivity index (χ4v) is 4.34. The Morgan fingerprint density at radius 2 is 1.86 bits per heavy atom. The van der Waals surface area contributed by atoms with E-state index in [-0.39, 0.29) is 11.3 Å². The smallest absolute Gasteiger partial charge is 0.189 e. The molecule has 1 aliphatic rings. The van der Waals surface area contributed by atoms with Crippen molar-refractivity contribution in [1.82, 2.24) is 14.9 Å². The summed E-state index contributed by atoms with van der Waals surface area (Å²) in [5.74, 6) is 0.135. The first-order chi connectivity index (χ1) is 14.2. The van der Waals surface area contributed by atoms with E-state index < -0.39 is 6.10 Å². The molecule has 2 unspecified atom stereocenters. The van der Waals surface area contributed by atoms with Gasteiger partial charge in [-0.05, 0) is 30.7 Å². The number of rotatable bonds is 4. The standard InChI is InChI=1S/C24H23N3O2/c28-23-12-19(26-22-8-4-2-6-20(22)23)14-27-13-17(24(29)15-27)11-18-10-9-16-5-1-3-7-21(16)25-18/h1-10,12,17,24,29H,11,13-15H2,(H,26,28). The van der Waals surface area contributed by atoms with E-state index in [4.69, 9.17) is 4.98 Å². The number of aromatic amines is 1. The number of aliphatic hydroxyl groups excluding tert-OH is 1. The number of nitrogens with one attached hydrogen (secondary N) is 1. The van der Waals surface area contributed by atoms with Crippen LogP contribution in [0.5, 0.6) is 0 Å². The fourth-order valence-electron chi connectivity index (χ4n) is 4.34. The van der Waals surface area contributed by atoms with Crippen molar-refractivity contribution in [2.45, 2.75) is 19.1 Å². The van der Waals surface area contributed by atoms with Crippen LogP contribution in [0.4, 0.5) is 0 Å². The van der Waals surface area contributed by atoms with E-state index >= 15 is 0 Å². The Kier molecular flexibility index (Phi) is 4.62. The van der Waals surface area contributed by atoms with Gasteiger partial charge in [0.1, 0.15) is 0 Å². The number of fused-ring (bicyclic) bond motifs is 2. The number of pyridine rings is 2. The minimum atomic E-state index is -0.393. The lowest BCUT2D eigenvalue weighted by Gasteiger charge is -2.16. The highest BCUT2D eigenvalue weighted by atomic mass is 16.3. The maximum atomic E-state index is 12.4. The Labute approximate surface area is 168 Å². The zero-order valence-corrected chi connectivity index (χ0v) is 16.1. The van der Waals surface area contributed by atoms with Gasteiger partial charge in [0.05, 0.1) is 11.6 Å². The molecule has 29 heavy (non-hydrogen) atoms. The number of aromatic nitrogens is 2. The molecule has 5 rings (SSSR count). The molecular weight excluding hydrogens is 362 g/mol. The maximum absolute atomic E-state index is 12.4. The zero-order valence-electron chi connectivity index (χ0n) is 16.1. The SMILES string of the molecule is O=c1cc(CN2CC(O)C(Cc3ccc4ccccc4n3)C2)[nH]c2ccccc12. The average Bonchev–Trinajstić information content (AvgIpc) is 3.06. The number of hydrogen-bond donors (Lipinski definition) is 2. The fraction of sp³-hybridized carbons (Fsp3) is 0.250. The number of benzene rings is 2. The number of likely N-dealkylation sites (tertiary alicyclic amines) is 1. The molecule has 2 N–H and O–H groups in total. The lowest BCUT2D eigenvalue weighted by atomic mass is 9.99. The van der Waals surface area contributed by atoms with E-state index in [0.29, 0.717) is 18.5 Å².